The van der Waals surface area contributed by atoms with E-state index >= 15 is 0 Å². The Labute approximate surface area is 107 Å². The van der Waals surface area contributed by atoms with E-state index in [9.17, 15) is 4.79 Å². The molecule has 1 amide bonds. The van der Waals surface area contributed by atoms with Crippen LogP contribution in [-0.2, 0) is 10.2 Å². The zero-order valence-corrected chi connectivity index (χ0v) is 10.7. The summed E-state index contributed by atoms with van der Waals surface area (Å²) < 4.78 is 0. The third-order valence-electron chi connectivity index (χ3n) is 3.38. The number of nitriles is 1. The molecule has 1 aliphatic rings. The summed E-state index contributed by atoms with van der Waals surface area (Å²) in [7, 11) is 0. The van der Waals surface area contributed by atoms with E-state index in [1.807, 2.05) is 26.0 Å². The molecule has 4 nitrogen and oxygen atoms in total. The second kappa shape index (κ2) is 4.11. The van der Waals surface area contributed by atoms with Gasteiger partial charge in [0.1, 0.15) is 0 Å². The number of carbonyl (C=O) groups is 1. The van der Waals surface area contributed by atoms with Gasteiger partial charge in [-0.3, -0.25) is 4.79 Å². The lowest BCUT2D eigenvalue weighted by Crippen LogP contribution is -2.37. The van der Waals surface area contributed by atoms with Crippen LogP contribution in [0.1, 0.15) is 32.3 Å². The van der Waals surface area contributed by atoms with Gasteiger partial charge in [0.25, 0.3) is 0 Å². The number of amides is 1. The average molecular weight is 243 g/mol. The predicted octanol–water partition coefficient (Wildman–Crippen LogP) is 1.92. The topological polar surface area (TPSA) is 78.9 Å². The van der Waals surface area contributed by atoms with Crippen molar-refractivity contribution in [2.75, 3.05) is 5.32 Å². The Kier molecular flexibility index (Phi) is 2.88. The first-order valence-electron chi connectivity index (χ1n) is 5.99. The first kappa shape index (κ1) is 12.6. The largest absolute Gasteiger partial charge is 0.324 e. The molecule has 1 fully saturated rings. The van der Waals surface area contributed by atoms with Crippen LogP contribution in [0.5, 0.6) is 0 Å². The first-order valence-corrected chi connectivity index (χ1v) is 5.99. The Hall–Kier alpha value is -1.86. The molecule has 1 aromatic carbocycles. The highest BCUT2D eigenvalue weighted by Gasteiger charge is 2.45. The summed E-state index contributed by atoms with van der Waals surface area (Å²) in [6.07, 6.45) is 1.50. The van der Waals surface area contributed by atoms with Crippen molar-refractivity contribution in [3.05, 3.63) is 29.8 Å². The minimum atomic E-state index is -0.662. The molecule has 1 saturated carbocycles. The molecule has 0 spiro atoms. The lowest BCUT2D eigenvalue weighted by atomic mass is 9.86. The molecule has 0 unspecified atom stereocenters. The summed E-state index contributed by atoms with van der Waals surface area (Å²) in [6.45, 7) is 3.72. The molecule has 1 aromatic rings. The van der Waals surface area contributed by atoms with Gasteiger partial charge in [-0.2, -0.15) is 5.26 Å². The van der Waals surface area contributed by atoms with Gasteiger partial charge in [0.05, 0.1) is 17.0 Å². The second-order valence-corrected chi connectivity index (χ2v) is 5.42. The monoisotopic (exact) mass is 243 g/mol. The van der Waals surface area contributed by atoms with Gasteiger partial charge in [0.15, 0.2) is 0 Å². The summed E-state index contributed by atoms with van der Waals surface area (Å²) in [5.74, 6) is -0.130. The minimum absolute atomic E-state index is 0.130. The molecule has 0 bridgehead atoms. The van der Waals surface area contributed by atoms with Crippen LogP contribution in [0.3, 0.4) is 0 Å². The van der Waals surface area contributed by atoms with Crippen LogP contribution in [0, 0.1) is 11.3 Å². The van der Waals surface area contributed by atoms with E-state index in [-0.39, 0.29) is 5.91 Å². The molecular formula is C14H17N3O. The molecule has 2 rings (SSSR count). The number of nitrogens with zero attached hydrogens (tertiary/aromatic N) is 1. The third kappa shape index (κ3) is 2.36. The number of nitrogens with one attached hydrogen (secondary N) is 1. The van der Waals surface area contributed by atoms with E-state index in [4.69, 9.17) is 11.0 Å². The van der Waals surface area contributed by atoms with E-state index in [0.717, 1.165) is 18.4 Å². The van der Waals surface area contributed by atoms with Crippen molar-refractivity contribution >= 4 is 11.6 Å². The van der Waals surface area contributed by atoms with Gasteiger partial charge in [-0.1, -0.05) is 12.1 Å². The number of anilines is 1. The molecule has 4 heteroatoms. The predicted molar refractivity (Wildman–Crippen MR) is 69.9 cm³/mol. The second-order valence-electron chi connectivity index (χ2n) is 5.42. The summed E-state index contributed by atoms with van der Waals surface area (Å²) in [4.78, 5) is 11.7. The molecule has 1 aliphatic carbocycles. The highest BCUT2D eigenvalue weighted by atomic mass is 16.2. The van der Waals surface area contributed by atoms with Gasteiger partial charge >= 0.3 is 0 Å². The molecule has 0 heterocycles. The molecule has 0 atom stereocenters. The quantitative estimate of drug-likeness (QED) is 0.851. The van der Waals surface area contributed by atoms with E-state index < -0.39 is 11.0 Å². The maximum absolute atomic E-state index is 11.7. The van der Waals surface area contributed by atoms with E-state index in [1.165, 1.54) is 0 Å². The summed E-state index contributed by atoms with van der Waals surface area (Å²) in [5, 5.41) is 11.8. The van der Waals surface area contributed by atoms with Gasteiger partial charge in [-0.25, -0.2) is 0 Å². The highest BCUT2D eigenvalue weighted by Crippen LogP contribution is 2.33. The Bertz CT molecular complexity index is 507. The molecule has 0 aromatic heterocycles. The smallest absolute Gasteiger partial charge is 0.244 e. The molecule has 18 heavy (non-hydrogen) atoms. The van der Waals surface area contributed by atoms with Crippen molar-refractivity contribution < 1.29 is 4.79 Å². The summed E-state index contributed by atoms with van der Waals surface area (Å²) in [6, 6.07) is 9.56. The van der Waals surface area contributed by atoms with Crippen molar-refractivity contribution in [3.63, 3.8) is 0 Å². The highest BCUT2D eigenvalue weighted by molar-refractivity contribution is 6.00. The van der Waals surface area contributed by atoms with Crippen LogP contribution < -0.4 is 11.1 Å². The zero-order valence-electron chi connectivity index (χ0n) is 10.7. The Morgan fingerprint density at radius 3 is 2.39 bits per heavy atom. The fraction of sp³-hybridized carbons (Fsp3) is 0.429. The Balaban J connectivity index is 2.09. The normalized spacial score (nSPS) is 16.8. The van der Waals surface area contributed by atoms with E-state index in [2.05, 4.69) is 11.4 Å². The zero-order chi connectivity index (χ0) is 13.4. The number of nitrogens with two attached hydrogens (primary N) is 1. The maximum Gasteiger partial charge on any atom is 0.244 e. The van der Waals surface area contributed by atoms with Crippen molar-refractivity contribution in [1.29, 1.82) is 5.26 Å². The number of benzene rings is 1. The lowest BCUT2D eigenvalue weighted by molar-refractivity contribution is -0.118. The van der Waals surface area contributed by atoms with Crippen molar-refractivity contribution in [2.45, 2.75) is 37.6 Å². The summed E-state index contributed by atoms with van der Waals surface area (Å²) in [5.41, 5.74) is 6.27. The van der Waals surface area contributed by atoms with E-state index in [0.29, 0.717) is 5.69 Å². The number of carbonyl (C=O) groups excluding carboxylic acids is 1. The van der Waals surface area contributed by atoms with Crippen molar-refractivity contribution in [1.82, 2.24) is 0 Å². The van der Waals surface area contributed by atoms with Crippen LogP contribution >= 0.6 is 0 Å². The molecule has 94 valence electrons. The van der Waals surface area contributed by atoms with Crippen molar-refractivity contribution in [3.8, 4) is 6.07 Å². The third-order valence-corrected chi connectivity index (χ3v) is 3.38. The van der Waals surface area contributed by atoms with Crippen LogP contribution in [0.4, 0.5) is 5.69 Å². The van der Waals surface area contributed by atoms with Crippen molar-refractivity contribution in [2.24, 2.45) is 5.73 Å². The van der Waals surface area contributed by atoms with Crippen LogP contribution in [0.2, 0.25) is 0 Å². The van der Waals surface area contributed by atoms with Gasteiger partial charge in [-0.15, -0.1) is 0 Å². The number of rotatable bonds is 3. The Morgan fingerprint density at radius 1 is 1.39 bits per heavy atom. The fourth-order valence-corrected chi connectivity index (χ4v) is 1.65. The average Bonchev–Trinajstić information content (AvgIpc) is 3.09. The molecule has 3 N–H and O–H groups in total. The van der Waals surface area contributed by atoms with E-state index in [1.54, 1.807) is 12.1 Å². The van der Waals surface area contributed by atoms with Gasteiger partial charge in [0.2, 0.25) is 5.91 Å². The molecule has 0 aliphatic heterocycles. The van der Waals surface area contributed by atoms with Crippen LogP contribution in [0.25, 0.3) is 0 Å². The Morgan fingerprint density at radius 2 is 1.94 bits per heavy atom. The van der Waals surface area contributed by atoms with Gasteiger partial charge in [-0.05, 0) is 44.4 Å². The van der Waals surface area contributed by atoms with Crippen LogP contribution in [-0.4, -0.2) is 11.4 Å². The molecular weight excluding hydrogens is 226 g/mol. The maximum atomic E-state index is 11.7. The SMILES string of the molecule is CC(C)(C#N)c1ccc(NC(=O)C2(N)CC2)cc1. The molecule has 0 saturated heterocycles. The first-order chi connectivity index (χ1) is 8.37. The fourth-order valence-electron chi connectivity index (χ4n) is 1.65. The standard InChI is InChI=1S/C14H17N3O/c1-13(2,9-15)10-3-5-11(6-4-10)17-12(18)14(16)7-8-14/h3-6H,7-8,16H2,1-2H3,(H,17,18). The lowest BCUT2D eigenvalue weighted by Gasteiger charge is -2.16. The molecule has 0 radical (unpaired) electrons. The number of hydrogen-bond donors (Lipinski definition) is 2. The summed E-state index contributed by atoms with van der Waals surface area (Å²) >= 11 is 0. The van der Waals surface area contributed by atoms with Gasteiger partial charge in [0, 0.05) is 5.69 Å². The van der Waals surface area contributed by atoms with Crippen LogP contribution in [0.15, 0.2) is 24.3 Å². The van der Waals surface area contributed by atoms with Gasteiger partial charge < -0.3 is 11.1 Å². The number of hydrogen-bond acceptors (Lipinski definition) is 3. The minimum Gasteiger partial charge on any atom is -0.324 e.